The molecule has 0 saturated carbocycles. The van der Waals surface area contributed by atoms with Gasteiger partial charge in [0, 0.05) is 35.4 Å². The van der Waals surface area contributed by atoms with Crippen LogP contribution in [0.5, 0.6) is 0 Å². The van der Waals surface area contributed by atoms with E-state index >= 15 is 0 Å². The number of aromatic amines is 1. The van der Waals surface area contributed by atoms with Crippen LogP contribution in [-0.2, 0) is 22.0 Å². The van der Waals surface area contributed by atoms with Gasteiger partial charge in [-0.15, -0.1) is 0 Å². The summed E-state index contributed by atoms with van der Waals surface area (Å²) in [7, 11) is -3.45. The fourth-order valence-corrected chi connectivity index (χ4v) is 5.16. The largest absolute Gasteiger partial charge is 0.477 e. The van der Waals surface area contributed by atoms with Crippen molar-refractivity contribution in [3.8, 4) is 11.1 Å². The number of sulfone groups is 1. The second kappa shape index (κ2) is 9.75. The molecule has 0 spiro atoms. The number of carboxylic acids is 1. The molecule has 36 heavy (non-hydrogen) atoms. The van der Waals surface area contributed by atoms with Gasteiger partial charge in [-0.2, -0.15) is 0 Å². The van der Waals surface area contributed by atoms with Crippen LogP contribution in [0, 0.1) is 5.82 Å². The maximum Gasteiger partial charge on any atom is 0.419 e. The maximum absolute atomic E-state index is 14.8. The highest BCUT2D eigenvalue weighted by atomic mass is 32.2. The average Bonchev–Trinajstić information content (AvgIpc) is 3.38. The summed E-state index contributed by atoms with van der Waals surface area (Å²) >= 11 is 0. The number of aromatic nitrogens is 2. The van der Waals surface area contributed by atoms with Gasteiger partial charge < -0.3 is 20.2 Å². The Morgan fingerprint density at radius 3 is 2.67 bits per heavy atom. The molecule has 11 heteroatoms. The molecule has 0 saturated heterocycles. The molecule has 1 unspecified atom stereocenters. The number of benzene rings is 2. The summed E-state index contributed by atoms with van der Waals surface area (Å²) in [6, 6.07) is 8.68. The maximum atomic E-state index is 14.8. The van der Waals surface area contributed by atoms with Crippen LogP contribution in [0.2, 0.25) is 0 Å². The topological polar surface area (TPSA) is 148 Å². The van der Waals surface area contributed by atoms with Gasteiger partial charge in [0.25, 0.3) is 0 Å². The number of nitrogens with zero attached hydrogens (tertiary/aromatic N) is 1. The van der Waals surface area contributed by atoms with Gasteiger partial charge in [0.2, 0.25) is 0 Å². The summed E-state index contributed by atoms with van der Waals surface area (Å²) in [5, 5.41) is 10.4. The first-order chi connectivity index (χ1) is 17.0. The molecule has 0 radical (unpaired) electrons. The predicted molar refractivity (Wildman–Crippen MR) is 133 cm³/mol. The highest BCUT2D eigenvalue weighted by Gasteiger charge is 2.24. The Morgan fingerprint density at radius 1 is 1.28 bits per heavy atom. The number of aromatic carboxylic acids is 1. The molecule has 0 fully saturated rings. The Balaban J connectivity index is 1.84. The molecule has 2 aromatic heterocycles. The smallest absolute Gasteiger partial charge is 0.419 e. The predicted octanol–water partition coefficient (Wildman–Crippen LogP) is 3.47. The van der Waals surface area contributed by atoms with E-state index in [1.807, 2.05) is 0 Å². The van der Waals surface area contributed by atoms with Crippen LogP contribution in [0.1, 0.15) is 46.8 Å². The fourth-order valence-electron chi connectivity index (χ4n) is 4.36. The number of nitrogens with two attached hydrogens (primary N) is 1. The molecule has 2 aromatic carbocycles. The molecular weight excluding hydrogens is 489 g/mol. The van der Waals surface area contributed by atoms with E-state index in [2.05, 4.69) is 4.98 Å². The van der Waals surface area contributed by atoms with Crippen molar-refractivity contribution in [2.75, 3.05) is 12.8 Å². The van der Waals surface area contributed by atoms with E-state index in [1.54, 1.807) is 31.3 Å². The summed E-state index contributed by atoms with van der Waals surface area (Å²) in [4.78, 5) is 27.6. The number of rotatable bonds is 9. The normalized spacial score (nSPS) is 12.8. The number of nitrogens with one attached hydrogen (secondary N) is 1. The molecular formula is C25H26FN3O6S. The van der Waals surface area contributed by atoms with E-state index in [9.17, 15) is 27.5 Å². The Hall–Kier alpha value is -3.70. The average molecular weight is 516 g/mol. The molecule has 0 aliphatic carbocycles. The third-order valence-corrected chi connectivity index (χ3v) is 6.88. The summed E-state index contributed by atoms with van der Waals surface area (Å²) in [5.41, 5.74) is 7.05. The third-order valence-electron chi connectivity index (χ3n) is 6.05. The lowest BCUT2D eigenvalue weighted by atomic mass is 9.98. The van der Waals surface area contributed by atoms with Gasteiger partial charge in [-0.25, -0.2) is 22.4 Å². The number of H-pyrrole nitrogens is 1. The number of carboxylic acid groups (broad SMARTS) is 1. The van der Waals surface area contributed by atoms with Crippen molar-refractivity contribution in [3.05, 3.63) is 81.5 Å². The second-order valence-electron chi connectivity index (χ2n) is 8.77. The molecule has 0 amide bonds. The lowest BCUT2D eigenvalue weighted by molar-refractivity contribution is 0.0692. The molecule has 190 valence electrons. The zero-order valence-corrected chi connectivity index (χ0v) is 20.6. The van der Waals surface area contributed by atoms with Gasteiger partial charge >= 0.3 is 11.7 Å². The van der Waals surface area contributed by atoms with Crippen LogP contribution in [-0.4, -0.2) is 41.8 Å². The number of halogens is 1. The Bertz CT molecular complexity index is 1620. The van der Waals surface area contributed by atoms with Crippen LogP contribution < -0.4 is 11.5 Å². The minimum Gasteiger partial charge on any atom is -0.477 e. The molecule has 0 bridgehead atoms. The second-order valence-corrected chi connectivity index (χ2v) is 10.9. The van der Waals surface area contributed by atoms with E-state index in [0.29, 0.717) is 41.6 Å². The summed E-state index contributed by atoms with van der Waals surface area (Å²) in [5.74, 6) is -2.49. The van der Waals surface area contributed by atoms with Crippen molar-refractivity contribution in [1.82, 2.24) is 9.55 Å². The molecule has 0 aliphatic heterocycles. The number of oxazole rings is 1. The van der Waals surface area contributed by atoms with Crippen LogP contribution >= 0.6 is 0 Å². The fraction of sp³-hybridized carbons (Fsp3) is 0.280. The van der Waals surface area contributed by atoms with Gasteiger partial charge in [-0.1, -0.05) is 30.3 Å². The molecule has 0 aliphatic rings. The lowest BCUT2D eigenvalue weighted by Crippen LogP contribution is -2.18. The van der Waals surface area contributed by atoms with Gasteiger partial charge in [-0.05, 0) is 37.1 Å². The van der Waals surface area contributed by atoms with Gasteiger partial charge in [0.15, 0.2) is 9.84 Å². The van der Waals surface area contributed by atoms with Gasteiger partial charge in [0.1, 0.15) is 17.3 Å². The molecule has 1 atom stereocenters. The van der Waals surface area contributed by atoms with Crippen LogP contribution in [0.25, 0.3) is 22.0 Å². The SMILES string of the molecule is CC(c1cccc2c(-c3ccc(CS(C)(=O)=O)c(F)c3)c(C(=O)O)[nH]c12)n1cc(CCCN)oc1=O. The zero-order valence-electron chi connectivity index (χ0n) is 19.7. The summed E-state index contributed by atoms with van der Waals surface area (Å²) in [6.45, 7) is 2.25. The standard InChI is InChI=1S/C25H26FN3O6S/c1-14(29-12-17(5-4-10-27)35-25(29)32)18-6-3-7-19-21(23(24(30)31)28-22(18)19)15-8-9-16(20(26)11-15)13-36(2,33)34/h3,6-9,11-12,14,28H,4-5,10,13,27H2,1-2H3,(H,30,31). The summed E-state index contributed by atoms with van der Waals surface area (Å²) in [6.07, 6.45) is 3.82. The first kappa shape index (κ1) is 25.4. The van der Waals surface area contributed by atoms with Gasteiger partial charge in [0.05, 0.1) is 17.3 Å². The minimum absolute atomic E-state index is 0.00273. The van der Waals surface area contributed by atoms with Crippen molar-refractivity contribution >= 4 is 26.7 Å². The molecule has 4 N–H and O–H groups in total. The number of para-hydroxylation sites is 1. The van der Waals surface area contributed by atoms with E-state index in [0.717, 1.165) is 12.3 Å². The number of fused-ring (bicyclic) bond motifs is 1. The number of hydrogen-bond acceptors (Lipinski definition) is 6. The number of carbonyl (C=O) groups is 1. The quantitative estimate of drug-likeness (QED) is 0.309. The van der Waals surface area contributed by atoms with E-state index < -0.39 is 39.2 Å². The third kappa shape index (κ3) is 4.98. The van der Waals surface area contributed by atoms with E-state index in [4.69, 9.17) is 10.2 Å². The molecule has 2 heterocycles. The first-order valence-corrected chi connectivity index (χ1v) is 13.3. The Morgan fingerprint density at radius 2 is 2.03 bits per heavy atom. The van der Waals surface area contributed by atoms with Crippen molar-refractivity contribution in [3.63, 3.8) is 0 Å². The highest BCUT2D eigenvalue weighted by Crippen LogP contribution is 2.37. The Labute approximate surface area is 206 Å². The van der Waals surface area contributed by atoms with Gasteiger partial charge in [-0.3, -0.25) is 4.57 Å². The van der Waals surface area contributed by atoms with Crippen molar-refractivity contribution < 1.29 is 27.1 Å². The molecule has 4 aromatic rings. The van der Waals surface area contributed by atoms with Crippen molar-refractivity contribution in [1.29, 1.82) is 0 Å². The van der Waals surface area contributed by atoms with E-state index in [-0.39, 0.29) is 22.4 Å². The first-order valence-electron chi connectivity index (χ1n) is 11.3. The van der Waals surface area contributed by atoms with Crippen LogP contribution in [0.15, 0.2) is 51.8 Å². The Kier molecular flexibility index (Phi) is 6.87. The number of aryl methyl sites for hydroxylation is 1. The molecule has 9 nitrogen and oxygen atoms in total. The van der Waals surface area contributed by atoms with Crippen molar-refractivity contribution in [2.24, 2.45) is 5.73 Å². The monoisotopic (exact) mass is 515 g/mol. The number of hydrogen-bond donors (Lipinski definition) is 3. The lowest BCUT2D eigenvalue weighted by Gasteiger charge is -2.13. The highest BCUT2D eigenvalue weighted by molar-refractivity contribution is 7.89. The van der Waals surface area contributed by atoms with Crippen LogP contribution in [0.3, 0.4) is 0 Å². The van der Waals surface area contributed by atoms with E-state index in [1.165, 1.54) is 16.7 Å². The summed E-state index contributed by atoms with van der Waals surface area (Å²) < 4.78 is 44.7. The molecule has 4 rings (SSSR count). The van der Waals surface area contributed by atoms with Crippen LogP contribution in [0.4, 0.5) is 4.39 Å². The zero-order chi connectivity index (χ0) is 26.2. The van der Waals surface area contributed by atoms with Crippen molar-refractivity contribution in [2.45, 2.75) is 31.6 Å². The minimum atomic E-state index is -3.45.